The second-order valence-electron chi connectivity index (χ2n) is 3.63. The topological polar surface area (TPSA) is 79.3 Å². The number of hydrogen-bond donors (Lipinski definition) is 2. The van der Waals surface area contributed by atoms with Gasteiger partial charge >= 0.3 is 5.97 Å². The zero-order valence-electron chi connectivity index (χ0n) is 9.68. The van der Waals surface area contributed by atoms with Crippen molar-refractivity contribution in [1.29, 1.82) is 0 Å². The minimum Gasteiger partial charge on any atom is -0.477 e. The largest absolute Gasteiger partial charge is 0.477 e. The zero-order chi connectivity index (χ0) is 13.3. The lowest BCUT2D eigenvalue weighted by Crippen LogP contribution is -2.12. The maximum absolute atomic E-state index is 11.9. The number of nitrogens with zero attached hydrogens (tertiary/aromatic N) is 1. The van der Waals surface area contributed by atoms with Crippen LogP contribution in [0.2, 0.25) is 0 Å². The predicted octanol–water partition coefficient (Wildman–Crippen LogP) is 2.77. The molecule has 0 fully saturated rings. The summed E-state index contributed by atoms with van der Waals surface area (Å²) in [6, 6.07) is 0. The summed E-state index contributed by atoms with van der Waals surface area (Å²) in [6.45, 7) is 3.57. The molecule has 7 heteroatoms. The Morgan fingerprint density at radius 3 is 2.67 bits per heavy atom. The molecule has 5 nitrogen and oxygen atoms in total. The number of rotatable bonds is 3. The first kappa shape index (κ1) is 12.7. The number of amides is 1. The van der Waals surface area contributed by atoms with Crippen molar-refractivity contribution in [1.82, 2.24) is 4.98 Å². The van der Waals surface area contributed by atoms with Gasteiger partial charge in [0.05, 0.1) is 16.9 Å². The van der Waals surface area contributed by atoms with Crippen molar-refractivity contribution in [2.45, 2.75) is 13.8 Å². The predicted molar refractivity (Wildman–Crippen MR) is 70.8 cm³/mol. The smallest absolute Gasteiger partial charge is 0.348 e. The number of hydrogen-bond acceptors (Lipinski definition) is 5. The number of carbonyl (C=O) groups excluding carboxylic acids is 1. The van der Waals surface area contributed by atoms with E-state index in [1.54, 1.807) is 19.2 Å². The van der Waals surface area contributed by atoms with Crippen molar-refractivity contribution in [3.8, 4) is 0 Å². The Kier molecular flexibility index (Phi) is 3.44. The molecule has 2 heterocycles. The second-order valence-corrected chi connectivity index (χ2v) is 5.74. The fourth-order valence-electron chi connectivity index (χ4n) is 1.40. The molecule has 0 atom stereocenters. The maximum Gasteiger partial charge on any atom is 0.348 e. The molecule has 18 heavy (non-hydrogen) atoms. The average Bonchev–Trinajstić information content (AvgIpc) is 2.87. The van der Waals surface area contributed by atoms with Gasteiger partial charge in [-0.15, -0.1) is 22.7 Å². The van der Waals surface area contributed by atoms with Crippen LogP contribution in [0.15, 0.2) is 11.6 Å². The van der Waals surface area contributed by atoms with Crippen LogP contribution < -0.4 is 5.32 Å². The summed E-state index contributed by atoms with van der Waals surface area (Å²) in [5.41, 5.74) is 1.11. The van der Waals surface area contributed by atoms with Crippen LogP contribution in [0, 0.1) is 13.8 Å². The van der Waals surface area contributed by atoms with Crippen LogP contribution in [-0.2, 0) is 0 Å². The van der Waals surface area contributed by atoms with Crippen LogP contribution >= 0.6 is 22.7 Å². The summed E-state index contributed by atoms with van der Waals surface area (Å²) in [6.07, 6.45) is 1.48. The van der Waals surface area contributed by atoms with Crippen molar-refractivity contribution in [2.75, 3.05) is 5.32 Å². The number of thiazole rings is 1. The van der Waals surface area contributed by atoms with E-state index in [2.05, 4.69) is 10.3 Å². The van der Waals surface area contributed by atoms with E-state index in [9.17, 15) is 9.59 Å². The van der Waals surface area contributed by atoms with Crippen LogP contribution in [0.1, 0.15) is 29.9 Å². The number of aromatic nitrogens is 1. The Bertz CT molecular complexity index is 616. The Balaban J connectivity index is 2.27. The maximum atomic E-state index is 11.9. The fourth-order valence-corrected chi connectivity index (χ4v) is 2.91. The van der Waals surface area contributed by atoms with Gasteiger partial charge in [-0.3, -0.25) is 4.79 Å². The summed E-state index contributed by atoms with van der Waals surface area (Å²) in [7, 11) is 0. The van der Waals surface area contributed by atoms with Crippen LogP contribution in [0.3, 0.4) is 0 Å². The highest BCUT2D eigenvalue weighted by Crippen LogP contribution is 2.28. The third-order valence-corrected chi connectivity index (χ3v) is 4.25. The van der Waals surface area contributed by atoms with Gasteiger partial charge in [-0.25, -0.2) is 9.78 Å². The van der Waals surface area contributed by atoms with E-state index >= 15 is 0 Å². The third-order valence-electron chi connectivity index (χ3n) is 2.25. The minimum absolute atomic E-state index is 0.141. The van der Waals surface area contributed by atoms with Gasteiger partial charge < -0.3 is 10.4 Å². The fraction of sp³-hybridized carbons (Fsp3) is 0.182. The van der Waals surface area contributed by atoms with Crippen LogP contribution in [-0.4, -0.2) is 22.0 Å². The minimum atomic E-state index is -1.04. The molecular weight excluding hydrogens is 272 g/mol. The third kappa shape index (κ3) is 2.41. The quantitative estimate of drug-likeness (QED) is 0.907. The average molecular weight is 282 g/mol. The number of thiophene rings is 1. The van der Waals surface area contributed by atoms with E-state index in [-0.39, 0.29) is 10.8 Å². The van der Waals surface area contributed by atoms with E-state index in [1.165, 1.54) is 17.5 Å². The summed E-state index contributed by atoms with van der Waals surface area (Å²) in [5.74, 6) is -1.37. The Morgan fingerprint density at radius 2 is 2.11 bits per heavy atom. The van der Waals surface area contributed by atoms with E-state index < -0.39 is 5.97 Å². The lowest BCUT2D eigenvalue weighted by Gasteiger charge is -2.04. The first-order valence-electron chi connectivity index (χ1n) is 5.04. The Morgan fingerprint density at radius 1 is 1.39 bits per heavy atom. The van der Waals surface area contributed by atoms with Crippen molar-refractivity contribution in [3.05, 3.63) is 31.9 Å². The van der Waals surface area contributed by atoms with Crippen LogP contribution in [0.25, 0.3) is 0 Å². The molecule has 0 saturated carbocycles. The molecule has 94 valence electrons. The number of nitrogens with one attached hydrogen (secondary N) is 1. The van der Waals surface area contributed by atoms with Gasteiger partial charge in [0.1, 0.15) is 9.75 Å². The Hall–Kier alpha value is -1.73. The lowest BCUT2D eigenvalue weighted by molar-refractivity contribution is 0.0703. The highest BCUT2D eigenvalue weighted by molar-refractivity contribution is 7.14. The van der Waals surface area contributed by atoms with Gasteiger partial charge in [-0.05, 0) is 24.8 Å². The summed E-state index contributed by atoms with van der Waals surface area (Å²) in [4.78, 5) is 27.5. The number of aryl methyl sites for hydroxylation is 2. The van der Waals surface area contributed by atoms with Gasteiger partial charge in [0.2, 0.25) is 0 Å². The summed E-state index contributed by atoms with van der Waals surface area (Å²) >= 11 is 2.37. The molecule has 0 radical (unpaired) electrons. The summed E-state index contributed by atoms with van der Waals surface area (Å²) in [5, 5.41) is 14.1. The molecule has 0 aliphatic heterocycles. The SMILES string of the molecule is Cc1ncc(C(=O)Nc2c(C)csc2C(=O)O)s1. The molecule has 0 aliphatic carbocycles. The van der Waals surface area contributed by atoms with Gasteiger partial charge in [0, 0.05) is 0 Å². The second kappa shape index (κ2) is 4.87. The van der Waals surface area contributed by atoms with Crippen LogP contribution in [0.4, 0.5) is 5.69 Å². The van der Waals surface area contributed by atoms with Gasteiger partial charge in [0.15, 0.2) is 0 Å². The molecule has 0 bridgehead atoms. The van der Waals surface area contributed by atoms with Gasteiger partial charge in [-0.1, -0.05) is 0 Å². The summed E-state index contributed by atoms with van der Waals surface area (Å²) < 4.78 is 0. The first-order chi connectivity index (χ1) is 8.49. The highest BCUT2D eigenvalue weighted by Gasteiger charge is 2.18. The molecule has 1 amide bonds. The standard InChI is InChI=1S/C11H10N2O3S2/c1-5-4-17-9(11(15)16)8(5)13-10(14)7-3-12-6(2)18-7/h3-4H,1-2H3,(H,13,14)(H,15,16). The molecule has 0 unspecified atom stereocenters. The van der Waals surface area contributed by atoms with Crippen molar-refractivity contribution < 1.29 is 14.7 Å². The van der Waals surface area contributed by atoms with Gasteiger partial charge in [-0.2, -0.15) is 0 Å². The molecule has 0 spiro atoms. The van der Waals surface area contributed by atoms with Crippen LogP contribution in [0.5, 0.6) is 0 Å². The van der Waals surface area contributed by atoms with E-state index in [1.807, 2.05) is 0 Å². The molecule has 2 aromatic rings. The van der Waals surface area contributed by atoms with E-state index in [4.69, 9.17) is 5.11 Å². The Labute approximate surface area is 111 Å². The van der Waals surface area contributed by atoms with Crippen molar-refractivity contribution >= 4 is 40.2 Å². The molecule has 0 aliphatic rings. The van der Waals surface area contributed by atoms with E-state index in [0.29, 0.717) is 10.6 Å². The monoisotopic (exact) mass is 282 g/mol. The van der Waals surface area contributed by atoms with Gasteiger partial charge in [0.25, 0.3) is 5.91 Å². The number of carboxylic acids is 1. The molecule has 0 saturated heterocycles. The number of anilines is 1. The molecular formula is C11H10N2O3S2. The number of carboxylic acid groups (broad SMARTS) is 1. The molecule has 2 N–H and O–H groups in total. The van der Waals surface area contributed by atoms with Crippen molar-refractivity contribution in [3.63, 3.8) is 0 Å². The van der Waals surface area contributed by atoms with Crippen molar-refractivity contribution in [2.24, 2.45) is 0 Å². The van der Waals surface area contributed by atoms with E-state index in [0.717, 1.165) is 21.9 Å². The first-order valence-corrected chi connectivity index (χ1v) is 6.74. The molecule has 2 aromatic heterocycles. The lowest BCUT2D eigenvalue weighted by atomic mass is 10.2. The normalized spacial score (nSPS) is 10.3. The number of aromatic carboxylic acids is 1. The zero-order valence-corrected chi connectivity index (χ0v) is 11.3. The molecule has 2 rings (SSSR count). The molecule has 0 aromatic carbocycles. The highest BCUT2D eigenvalue weighted by atomic mass is 32.1. The number of carbonyl (C=O) groups is 2.